The average Bonchev–Trinajstić information content (AvgIpc) is 3.80. The third kappa shape index (κ3) is 10.5. The summed E-state index contributed by atoms with van der Waals surface area (Å²) >= 11 is 0. The van der Waals surface area contributed by atoms with Crippen LogP contribution in [0.2, 0.25) is 0 Å². The van der Waals surface area contributed by atoms with Crippen LogP contribution in [-0.4, -0.2) is 9.13 Å². The van der Waals surface area contributed by atoms with Crippen LogP contribution >= 0.6 is 0 Å². The maximum absolute atomic E-state index is 9.56. The van der Waals surface area contributed by atoms with E-state index in [1.807, 2.05) is 24.3 Å². The van der Waals surface area contributed by atoms with Crippen molar-refractivity contribution >= 4 is 11.0 Å². The molecular formula is C52H60N4. The molecule has 2 heterocycles. The molecule has 0 aliphatic rings. The number of nitriles is 2. The zero-order chi connectivity index (χ0) is 39.0. The molecule has 0 amide bonds. The van der Waals surface area contributed by atoms with Crippen molar-refractivity contribution in [3.05, 3.63) is 131 Å². The van der Waals surface area contributed by atoms with Gasteiger partial charge in [-0.25, -0.2) is 0 Å². The van der Waals surface area contributed by atoms with E-state index in [0.29, 0.717) is 11.1 Å². The minimum Gasteiger partial charge on any atom is -0.308 e. The van der Waals surface area contributed by atoms with Gasteiger partial charge in [0.15, 0.2) is 0 Å². The van der Waals surface area contributed by atoms with Gasteiger partial charge < -0.3 is 9.13 Å². The van der Waals surface area contributed by atoms with Crippen molar-refractivity contribution < 1.29 is 0 Å². The highest BCUT2D eigenvalue weighted by Gasteiger charge is 2.21. The van der Waals surface area contributed by atoms with Gasteiger partial charge in [0.2, 0.25) is 0 Å². The molecule has 4 aromatic carbocycles. The molecule has 0 saturated carbocycles. The standard InChI is InChI=1S/C52H60N4/c1-3-5-7-9-11-13-15-17-19-41-25-33-47(34-26-41)55-49(45-29-21-43(39-53)22-30-45)37-52-51(55)38-50(46-31-23-44(40-54)24-32-46)56(52)48-35-27-42(28-36-48)20-18-16-14-12-10-8-6-4-2/h21-38H,3-20H2,1-2H3. The van der Waals surface area contributed by atoms with Crippen LogP contribution in [0.5, 0.6) is 0 Å². The first-order valence-electron chi connectivity index (χ1n) is 21.6. The van der Waals surface area contributed by atoms with Gasteiger partial charge in [-0.05, 0) is 109 Å². The Balaban J connectivity index is 1.32. The third-order valence-electron chi connectivity index (χ3n) is 11.4. The molecule has 0 aliphatic carbocycles. The number of benzene rings is 4. The van der Waals surface area contributed by atoms with Crippen LogP contribution in [0.25, 0.3) is 44.9 Å². The zero-order valence-electron chi connectivity index (χ0n) is 33.9. The Hall–Kier alpha value is -5.32. The molecule has 6 aromatic rings. The molecule has 0 bridgehead atoms. The number of rotatable bonds is 22. The molecule has 0 fully saturated rings. The summed E-state index contributed by atoms with van der Waals surface area (Å²) in [7, 11) is 0. The quantitative estimate of drug-likeness (QED) is 0.0651. The van der Waals surface area contributed by atoms with Gasteiger partial charge in [-0.1, -0.05) is 152 Å². The van der Waals surface area contributed by atoms with E-state index in [2.05, 4.69) is 120 Å². The van der Waals surface area contributed by atoms with Gasteiger partial charge in [-0.2, -0.15) is 10.5 Å². The van der Waals surface area contributed by atoms with Crippen LogP contribution in [0.4, 0.5) is 0 Å². The minimum atomic E-state index is 0.654. The summed E-state index contributed by atoms with van der Waals surface area (Å²) in [5, 5.41) is 19.1. The zero-order valence-corrected chi connectivity index (χ0v) is 33.9. The van der Waals surface area contributed by atoms with Gasteiger partial charge in [-0.15, -0.1) is 0 Å². The molecule has 4 nitrogen and oxygen atoms in total. The Kier molecular flexibility index (Phi) is 15.2. The lowest BCUT2D eigenvalue weighted by molar-refractivity contribution is 0.575. The van der Waals surface area contributed by atoms with Crippen molar-refractivity contribution in [1.29, 1.82) is 10.5 Å². The Morgan fingerprint density at radius 2 is 0.714 bits per heavy atom. The normalized spacial score (nSPS) is 11.2. The maximum Gasteiger partial charge on any atom is 0.0991 e. The van der Waals surface area contributed by atoms with Gasteiger partial charge in [0.05, 0.1) is 45.7 Å². The predicted molar refractivity (Wildman–Crippen MR) is 236 cm³/mol. The summed E-state index contributed by atoms with van der Waals surface area (Å²) < 4.78 is 4.74. The smallest absolute Gasteiger partial charge is 0.0991 e. The summed E-state index contributed by atoms with van der Waals surface area (Å²) in [5.74, 6) is 0. The lowest BCUT2D eigenvalue weighted by atomic mass is 10.0. The Morgan fingerprint density at radius 3 is 1.04 bits per heavy atom. The number of nitrogens with zero attached hydrogens (tertiary/aromatic N) is 4. The molecule has 0 radical (unpaired) electrons. The number of hydrogen-bond acceptors (Lipinski definition) is 2. The average molecular weight is 741 g/mol. The van der Waals surface area contributed by atoms with Crippen molar-refractivity contribution in [2.24, 2.45) is 0 Å². The monoisotopic (exact) mass is 740 g/mol. The van der Waals surface area contributed by atoms with E-state index in [-0.39, 0.29) is 0 Å². The van der Waals surface area contributed by atoms with E-state index in [9.17, 15) is 10.5 Å². The molecule has 0 aliphatic heterocycles. The fourth-order valence-corrected chi connectivity index (χ4v) is 8.12. The first-order valence-corrected chi connectivity index (χ1v) is 21.6. The molecule has 0 atom stereocenters. The molecule has 0 N–H and O–H groups in total. The number of aromatic nitrogens is 2. The van der Waals surface area contributed by atoms with E-state index in [1.54, 1.807) is 0 Å². The summed E-state index contributed by atoms with van der Waals surface area (Å²) in [6.07, 6.45) is 23.4. The van der Waals surface area contributed by atoms with Crippen molar-refractivity contribution in [2.75, 3.05) is 0 Å². The Labute approximate surface area is 336 Å². The molecule has 2 aromatic heterocycles. The third-order valence-corrected chi connectivity index (χ3v) is 11.4. The fourth-order valence-electron chi connectivity index (χ4n) is 8.12. The number of fused-ring (bicyclic) bond motifs is 1. The van der Waals surface area contributed by atoms with Crippen LogP contribution in [0.15, 0.2) is 109 Å². The number of hydrogen-bond donors (Lipinski definition) is 0. The maximum atomic E-state index is 9.56. The van der Waals surface area contributed by atoms with E-state index in [4.69, 9.17) is 0 Å². The first-order chi connectivity index (χ1) is 27.6. The molecule has 6 rings (SSSR count). The van der Waals surface area contributed by atoms with Crippen LogP contribution in [0.1, 0.15) is 139 Å². The van der Waals surface area contributed by atoms with Crippen molar-refractivity contribution in [1.82, 2.24) is 9.13 Å². The van der Waals surface area contributed by atoms with Gasteiger partial charge in [-0.3, -0.25) is 0 Å². The van der Waals surface area contributed by atoms with Gasteiger partial charge in [0.1, 0.15) is 0 Å². The molecule has 56 heavy (non-hydrogen) atoms. The first kappa shape index (κ1) is 40.3. The Morgan fingerprint density at radius 1 is 0.393 bits per heavy atom. The predicted octanol–water partition coefficient (Wildman–Crippen LogP) is 14.9. The topological polar surface area (TPSA) is 57.4 Å². The highest BCUT2D eigenvalue weighted by atomic mass is 15.1. The minimum absolute atomic E-state index is 0.654. The number of aryl methyl sites for hydroxylation is 2. The van der Waals surface area contributed by atoms with Crippen molar-refractivity contribution in [3.63, 3.8) is 0 Å². The number of unbranched alkanes of at least 4 members (excludes halogenated alkanes) is 14. The second kappa shape index (κ2) is 21.1. The fraction of sp³-hybridized carbons (Fsp3) is 0.385. The molecule has 0 saturated heterocycles. The molecule has 4 heteroatoms. The second-order valence-electron chi connectivity index (χ2n) is 15.7. The van der Waals surface area contributed by atoms with Crippen molar-refractivity contribution in [3.8, 4) is 46.0 Å². The molecule has 288 valence electrons. The van der Waals surface area contributed by atoms with E-state index < -0.39 is 0 Å². The lowest BCUT2D eigenvalue weighted by Gasteiger charge is -2.13. The van der Waals surface area contributed by atoms with Gasteiger partial charge in [0.25, 0.3) is 0 Å². The molecule has 0 spiro atoms. The van der Waals surface area contributed by atoms with Crippen molar-refractivity contribution in [2.45, 2.75) is 129 Å². The molecule has 0 unspecified atom stereocenters. The van der Waals surface area contributed by atoms with Crippen LogP contribution in [0, 0.1) is 22.7 Å². The van der Waals surface area contributed by atoms with E-state index >= 15 is 0 Å². The summed E-state index contributed by atoms with van der Waals surface area (Å²) in [6, 6.07) is 43.3. The summed E-state index contributed by atoms with van der Waals surface area (Å²) in [4.78, 5) is 0. The highest BCUT2D eigenvalue weighted by molar-refractivity contribution is 5.93. The van der Waals surface area contributed by atoms with Crippen LogP contribution in [0.3, 0.4) is 0 Å². The van der Waals surface area contributed by atoms with Gasteiger partial charge >= 0.3 is 0 Å². The largest absolute Gasteiger partial charge is 0.308 e. The van der Waals surface area contributed by atoms with Crippen LogP contribution in [-0.2, 0) is 12.8 Å². The second-order valence-corrected chi connectivity index (χ2v) is 15.7. The Bertz CT molecular complexity index is 2010. The lowest BCUT2D eigenvalue weighted by Crippen LogP contribution is -1.98. The SMILES string of the molecule is CCCCCCCCCCc1ccc(-n2c(-c3ccc(C#N)cc3)cc3c2cc(-c2ccc(C#N)cc2)n3-c2ccc(CCCCCCCCCC)cc2)cc1. The summed E-state index contributed by atoms with van der Waals surface area (Å²) in [6.45, 7) is 4.56. The van der Waals surface area contributed by atoms with E-state index in [0.717, 1.165) is 57.8 Å². The van der Waals surface area contributed by atoms with Crippen LogP contribution < -0.4 is 0 Å². The van der Waals surface area contributed by atoms with E-state index in [1.165, 1.54) is 114 Å². The van der Waals surface area contributed by atoms with Gasteiger partial charge in [0, 0.05) is 11.4 Å². The molecular weight excluding hydrogens is 681 g/mol. The highest BCUT2D eigenvalue weighted by Crippen LogP contribution is 2.39. The summed E-state index contributed by atoms with van der Waals surface area (Å²) in [5.41, 5.74) is 12.8.